The molecule has 3 rings (SSSR count). The standard InChI is InChI=1S/C21H24N2O4/c1-13-7-14(2)9-16(8-13)23-12-15(10-20(23)24)21(25)22-18-11-17(26-3)5-6-19(18)27-4/h5-9,11,15H,10,12H2,1-4H3,(H,22,25)/t15-/m0/s1. The normalized spacial score (nSPS) is 16.4. The van der Waals surface area contributed by atoms with Gasteiger partial charge in [0.15, 0.2) is 0 Å². The second-order valence-corrected chi connectivity index (χ2v) is 6.81. The summed E-state index contributed by atoms with van der Waals surface area (Å²) in [6, 6.07) is 11.2. The lowest BCUT2D eigenvalue weighted by Crippen LogP contribution is -2.28. The molecule has 6 nitrogen and oxygen atoms in total. The molecule has 0 radical (unpaired) electrons. The molecule has 0 unspecified atom stereocenters. The van der Waals surface area contributed by atoms with E-state index in [0.29, 0.717) is 23.7 Å². The number of amides is 2. The predicted octanol–water partition coefficient (Wildman–Crippen LogP) is 3.31. The van der Waals surface area contributed by atoms with Crippen LogP contribution in [-0.4, -0.2) is 32.6 Å². The molecule has 1 aliphatic heterocycles. The zero-order valence-corrected chi connectivity index (χ0v) is 16.0. The highest BCUT2D eigenvalue weighted by Gasteiger charge is 2.35. The molecule has 1 aliphatic rings. The number of nitrogens with zero attached hydrogens (tertiary/aromatic N) is 1. The minimum absolute atomic E-state index is 0.0437. The van der Waals surface area contributed by atoms with Gasteiger partial charge in [-0.3, -0.25) is 9.59 Å². The quantitative estimate of drug-likeness (QED) is 0.879. The Morgan fingerprint density at radius 1 is 1.07 bits per heavy atom. The van der Waals surface area contributed by atoms with Crippen LogP contribution in [-0.2, 0) is 9.59 Å². The van der Waals surface area contributed by atoms with Gasteiger partial charge in [-0.15, -0.1) is 0 Å². The van der Waals surface area contributed by atoms with Crippen molar-refractivity contribution in [1.82, 2.24) is 0 Å². The van der Waals surface area contributed by atoms with Crippen LogP contribution in [0.2, 0.25) is 0 Å². The Hall–Kier alpha value is -3.02. The van der Waals surface area contributed by atoms with Crippen LogP contribution in [0.4, 0.5) is 11.4 Å². The maximum Gasteiger partial charge on any atom is 0.229 e. The van der Waals surface area contributed by atoms with Gasteiger partial charge < -0.3 is 19.7 Å². The van der Waals surface area contributed by atoms with E-state index in [0.717, 1.165) is 16.8 Å². The van der Waals surface area contributed by atoms with Gasteiger partial charge in [0.1, 0.15) is 11.5 Å². The highest BCUT2D eigenvalue weighted by atomic mass is 16.5. The van der Waals surface area contributed by atoms with Gasteiger partial charge in [0.05, 0.1) is 25.8 Å². The average Bonchev–Trinajstić information content (AvgIpc) is 3.02. The summed E-state index contributed by atoms with van der Waals surface area (Å²) in [5, 5.41) is 2.87. The Morgan fingerprint density at radius 3 is 2.41 bits per heavy atom. The molecule has 1 fully saturated rings. The van der Waals surface area contributed by atoms with Crippen molar-refractivity contribution in [2.45, 2.75) is 20.3 Å². The van der Waals surface area contributed by atoms with Crippen LogP contribution in [0.25, 0.3) is 0 Å². The van der Waals surface area contributed by atoms with Crippen LogP contribution in [0.3, 0.4) is 0 Å². The van der Waals surface area contributed by atoms with Crippen LogP contribution in [0.1, 0.15) is 17.5 Å². The zero-order chi connectivity index (χ0) is 19.6. The highest BCUT2D eigenvalue weighted by Crippen LogP contribution is 2.31. The molecule has 2 aromatic carbocycles. The van der Waals surface area contributed by atoms with Crippen molar-refractivity contribution in [3.05, 3.63) is 47.5 Å². The first kappa shape index (κ1) is 18.8. The third kappa shape index (κ3) is 4.05. The molecule has 0 saturated carbocycles. The van der Waals surface area contributed by atoms with Gasteiger partial charge in [0.2, 0.25) is 11.8 Å². The van der Waals surface area contributed by atoms with Crippen molar-refractivity contribution in [1.29, 1.82) is 0 Å². The summed E-state index contributed by atoms with van der Waals surface area (Å²) in [5.41, 5.74) is 3.55. The number of nitrogens with one attached hydrogen (secondary N) is 1. The van der Waals surface area contributed by atoms with Crippen molar-refractivity contribution in [2.24, 2.45) is 5.92 Å². The first-order valence-electron chi connectivity index (χ1n) is 8.83. The second-order valence-electron chi connectivity index (χ2n) is 6.81. The molecular formula is C21H24N2O4. The fraction of sp³-hybridized carbons (Fsp3) is 0.333. The van der Waals surface area contributed by atoms with Gasteiger partial charge in [-0.2, -0.15) is 0 Å². The summed E-state index contributed by atoms with van der Waals surface area (Å²) in [6.07, 6.45) is 0.186. The Labute approximate surface area is 159 Å². The third-order valence-electron chi connectivity index (χ3n) is 4.68. The summed E-state index contributed by atoms with van der Waals surface area (Å²) in [7, 11) is 3.10. The number of hydrogen-bond donors (Lipinski definition) is 1. The first-order chi connectivity index (χ1) is 12.9. The van der Waals surface area contributed by atoms with Crippen molar-refractivity contribution >= 4 is 23.2 Å². The van der Waals surface area contributed by atoms with Gasteiger partial charge >= 0.3 is 0 Å². The molecule has 1 heterocycles. The number of anilines is 2. The maximum atomic E-state index is 12.8. The summed E-state index contributed by atoms with van der Waals surface area (Å²) >= 11 is 0. The number of benzene rings is 2. The average molecular weight is 368 g/mol. The number of ether oxygens (including phenoxy) is 2. The fourth-order valence-corrected chi connectivity index (χ4v) is 3.39. The van der Waals surface area contributed by atoms with Crippen LogP contribution in [0.15, 0.2) is 36.4 Å². The fourth-order valence-electron chi connectivity index (χ4n) is 3.39. The van der Waals surface area contributed by atoms with Crippen LogP contribution in [0, 0.1) is 19.8 Å². The molecule has 1 N–H and O–H groups in total. The van der Waals surface area contributed by atoms with Crippen LogP contribution < -0.4 is 19.7 Å². The van der Waals surface area contributed by atoms with Crippen LogP contribution in [0.5, 0.6) is 11.5 Å². The van der Waals surface area contributed by atoms with E-state index in [2.05, 4.69) is 11.4 Å². The predicted molar refractivity (Wildman–Crippen MR) is 105 cm³/mol. The number of methoxy groups -OCH3 is 2. The van der Waals surface area contributed by atoms with E-state index in [1.165, 1.54) is 0 Å². The lowest BCUT2D eigenvalue weighted by molar-refractivity contribution is -0.122. The largest absolute Gasteiger partial charge is 0.497 e. The van der Waals surface area contributed by atoms with Crippen molar-refractivity contribution in [3.63, 3.8) is 0 Å². The molecule has 0 aliphatic carbocycles. The zero-order valence-electron chi connectivity index (χ0n) is 16.0. The Balaban J connectivity index is 1.76. The van der Waals surface area contributed by atoms with E-state index in [9.17, 15) is 9.59 Å². The smallest absolute Gasteiger partial charge is 0.229 e. The molecule has 142 valence electrons. The molecule has 1 saturated heterocycles. The lowest BCUT2D eigenvalue weighted by atomic mass is 10.1. The first-order valence-corrected chi connectivity index (χ1v) is 8.83. The molecule has 0 spiro atoms. The molecule has 0 aromatic heterocycles. The number of carbonyl (C=O) groups excluding carboxylic acids is 2. The molecule has 1 atom stereocenters. The van der Waals surface area contributed by atoms with Crippen molar-refractivity contribution < 1.29 is 19.1 Å². The van der Waals surface area contributed by atoms with Gasteiger partial charge in [0.25, 0.3) is 0 Å². The lowest BCUT2D eigenvalue weighted by Gasteiger charge is -2.18. The topological polar surface area (TPSA) is 67.9 Å². The number of carbonyl (C=O) groups is 2. The number of hydrogen-bond acceptors (Lipinski definition) is 4. The SMILES string of the molecule is COc1ccc(OC)c(NC(=O)[C@H]2CC(=O)N(c3cc(C)cc(C)c3)C2)c1. The van der Waals surface area contributed by atoms with E-state index >= 15 is 0 Å². The number of rotatable bonds is 5. The minimum Gasteiger partial charge on any atom is -0.497 e. The molecule has 2 amide bonds. The van der Waals surface area contributed by atoms with E-state index in [1.54, 1.807) is 37.3 Å². The monoisotopic (exact) mass is 368 g/mol. The summed E-state index contributed by atoms with van der Waals surface area (Å²) in [4.78, 5) is 26.9. The number of aryl methyl sites for hydroxylation is 2. The van der Waals surface area contributed by atoms with E-state index in [-0.39, 0.29) is 18.2 Å². The Kier molecular flexibility index (Phi) is 5.35. The highest BCUT2D eigenvalue weighted by molar-refractivity contribution is 6.04. The van der Waals surface area contributed by atoms with Crippen molar-refractivity contribution in [2.75, 3.05) is 31.0 Å². The molecule has 27 heavy (non-hydrogen) atoms. The summed E-state index contributed by atoms with van der Waals surface area (Å²) < 4.78 is 10.5. The molecule has 2 aromatic rings. The van der Waals surface area contributed by atoms with Gasteiger partial charge in [-0.25, -0.2) is 0 Å². The summed E-state index contributed by atoms with van der Waals surface area (Å²) in [6.45, 7) is 4.35. The second kappa shape index (κ2) is 7.70. The summed E-state index contributed by atoms with van der Waals surface area (Å²) in [5.74, 6) is 0.485. The van der Waals surface area contributed by atoms with Crippen molar-refractivity contribution in [3.8, 4) is 11.5 Å². The Bertz CT molecular complexity index is 858. The third-order valence-corrected chi connectivity index (χ3v) is 4.68. The molecule has 6 heteroatoms. The van der Waals surface area contributed by atoms with Gasteiger partial charge in [-0.05, 0) is 49.2 Å². The van der Waals surface area contributed by atoms with E-state index in [1.807, 2.05) is 26.0 Å². The molecular weight excluding hydrogens is 344 g/mol. The van der Waals surface area contributed by atoms with Gasteiger partial charge in [-0.1, -0.05) is 6.07 Å². The minimum atomic E-state index is -0.422. The van der Waals surface area contributed by atoms with E-state index in [4.69, 9.17) is 9.47 Å². The Morgan fingerprint density at radius 2 is 1.78 bits per heavy atom. The molecule has 0 bridgehead atoms. The maximum absolute atomic E-state index is 12.8. The van der Waals surface area contributed by atoms with E-state index < -0.39 is 5.92 Å². The van der Waals surface area contributed by atoms with Gasteiger partial charge in [0, 0.05) is 24.7 Å². The van der Waals surface area contributed by atoms with Crippen LogP contribution >= 0.6 is 0 Å².